The third-order valence-corrected chi connectivity index (χ3v) is 5.41. The van der Waals surface area contributed by atoms with Crippen LogP contribution in [0.2, 0.25) is 5.02 Å². The number of carbonyl (C=O) groups is 1. The number of fused-ring (bicyclic) bond motifs is 3. The largest absolute Gasteiger partial charge is 0.477 e. The summed E-state index contributed by atoms with van der Waals surface area (Å²) >= 11 is 5.95. The summed E-state index contributed by atoms with van der Waals surface area (Å²) in [5, 5.41) is 18.2. The Kier molecular flexibility index (Phi) is 3.92. The first-order valence-electron chi connectivity index (χ1n) is 9.02. The highest BCUT2D eigenvalue weighted by Gasteiger charge is 2.37. The van der Waals surface area contributed by atoms with Crippen LogP contribution in [-0.2, 0) is 0 Å². The van der Waals surface area contributed by atoms with Crippen LogP contribution in [0.15, 0.2) is 51.3 Å². The van der Waals surface area contributed by atoms with Crippen molar-refractivity contribution < 1.29 is 14.3 Å². The average molecular weight is 413 g/mol. The van der Waals surface area contributed by atoms with Crippen LogP contribution in [0, 0.1) is 0 Å². The van der Waals surface area contributed by atoms with E-state index >= 15 is 0 Å². The molecule has 3 aliphatic rings. The predicted molar refractivity (Wildman–Crippen MR) is 108 cm³/mol. The molecule has 2 aromatic rings. The van der Waals surface area contributed by atoms with Crippen molar-refractivity contribution >= 4 is 41.0 Å². The molecule has 1 fully saturated rings. The fraction of sp³-hybridized carbons (Fsp3) is 0.200. The number of carboxylic acids is 1. The van der Waals surface area contributed by atoms with Crippen molar-refractivity contribution in [3.63, 3.8) is 0 Å². The van der Waals surface area contributed by atoms with E-state index in [1.54, 1.807) is 33.7 Å². The number of aromatic nitrogens is 1. The zero-order chi connectivity index (χ0) is 20.3. The number of nitrogens with zero attached hydrogens (tertiary/aromatic N) is 4. The molecule has 0 bridgehead atoms. The van der Waals surface area contributed by atoms with Crippen molar-refractivity contribution in [3.8, 4) is 0 Å². The molecule has 3 heterocycles. The van der Waals surface area contributed by atoms with Crippen LogP contribution >= 0.6 is 11.6 Å². The normalized spacial score (nSPS) is 17.7. The van der Waals surface area contributed by atoms with Crippen molar-refractivity contribution in [1.29, 1.82) is 0 Å². The van der Waals surface area contributed by atoms with Gasteiger partial charge in [0.1, 0.15) is 11.4 Å². The Morgan fingerprint density at radius 3 is 2.59 bits per heavy atom. The lowest BCUT2D eigenvalue weighted by molar-refractivity contribution is 0.0694. The van der Waals surface area contributed by atoms with E-state index in [1.165, 1.54) is 6.20 Å². The van der Waals surface area contributed by atoms with Crippen LogP contribution in [-0.4, -0.2) is 33.7 Å². The van der Waals surface area contributed by atoms with Gasteiger partial charge < -0.3 is 14.6 Å². The SMILES string of the molecule is O=C(O)c1cn(C2CC2)c2c(c1=O)C=C(F)C1=NN=C(c3ccc(Cl)cc3)CN12. The predicted octanol–water partition coefficient (Wildman–Crippen LogP) is 3.48. The minimum absolute atomic E-state index is 0.00656. The number of aromatic carboxylic acids is 1. The standard InChI is InChI=1S/C20H14ClFN4O3/c21-11-3-1-10(2-4-11)16-9-26-18(24-23-16)15(22)7-13-17(27)14(20(28)29)8-25(19(13)26)12-5-6-12/h1-4,7-8,12H,5-6,9H2,(H,28,29). The summed E-state index contributed by atoms with van der Waals surface area (Å²) in [7, 11) is 0. The third-order valence-electron chi connectivity index (χ3n) is 5.16. The molecule has 0 atom stereocenters. The lowest BCUT2D eigenvalue weighted by Gasteiger charge is -2.34. The van der Waals surface area contributed by atoms with E-state index in [0.29, 0.717) is 16.6 Å². The van der Waals surface area contributed by atoms with Crippen molar-refractivity contribution in [2.75, 3.05) is 11.4 Å². The number of hydrogen-bond donors (Lipinski definition) is 1. The van der Waals surface area contributed by atoms with Gasteiger partial charge in [-0.05, 0) is 36.6 Å². The van der Waals surface area contributed by atoms with Crippen LogP contribution in [0.25, 0.3) is 6.08 Å². The number of anilines is 1. The molecule has 0 unspecified atom stereocenters. The molecule has 29 heavy (non-hydrogen) atoms. The Hall–Kier alpha value is -3.26. The Morgan fingerprint density at radius 2 is 1.93 bits per heavy atom. The first-order chi connectivity index (χ1) is 13.9. The van der Waals surface area contributed by atoms with E-state index in [1.807, 2.05) is 0 Å². The minimum Gasteiger partial charge on any atom is -0.477 e. The maximum Gasteiger partial charge on any atom is 0.341 e. The molecule has 1 N–H and O–H groups in total. The van der Waals surface area contributed by atoms with Gasteiger partial charge in [0.15, 0.2) is 11.7 Å². The van der Waals surface area contributed by atoms with E-state index < -0.39 is 17.2 Å². The molecule has 0 spiro atoms. The third kappa shape index (κ3) is 2.87. The first-order valence-corrected chi connectivity index (χ1v) is 9.40. The van der Waals surface area contributed by atoms with Gasteiger partial charge in [-0.3, -0.25) is 4.79 Å². The zero-order valence-corrected chi connectivity index (χ0v) is 15.7. The van der Waals surface area contributed by atoms with E-state index in [4.69, 9.17) is 11.6 Å². The average Bonchev–Trinajstić information content (AvgIpc) is 3.54. The summed E-state index contributed by atoms with van der Waals surface area (Å²) in [6.07, 6.45) is 4.13. The van der Waals surface area contributed by atoms with E-state index in [-0.39, 0.29) is 29.5 Å². The second-order valence-corrected chi connectivity index (χ2v) is 7.54. The maximum absolute atomic E-state index is 14.7. The Morgan fingerprint density at radius 1 is 1.21 bits per heavy atom. The molecular formula is C20H14ClFN4O3. The fourth-order valence-electron chi connectivity index (χ4n) is 3.60. The van der Waals surface area contributed by atoms with Crippen molar-refractivity contribution in [2.24, 2.45) is 10.2 Å². The number of amidine groups is 1. The van der Waals surface area contributed by atoms with Gasteiger partial charge >= 0.3 is 5.97 Å². The van der Waals surface area contributed by atoms with Gasteiger partial charge in [-0.15, -0.1) is 5.10 Å². The number of benzene rings is 1. The lowest BCUT2D eigenvalue weighted by atomic mass is 10.0. The van der Waals surface area contributed by atoms with E-state index in [9.17, 15) is 19.1 Å². The van der Waals surface area contributed by atoms with Crippen molar-refractivity contribution in [2.45, 2.75) is 18.9 Å². The highest BCUT2D eigenvalue weighted by atomic mass is 35.5. The summed E-state index contributed by atoms with van der Waals surface area (Å²) < 4.78 is 16.5. The molecule has 7 nitrogen and oxygen atoms in total. The van der Waals surface area contributed by atoms with Gasteiger partial charge in [0.25, 0.3) is 0 Å². The monoisotopic (exact) mass is 412 g/mol. The van der Waals surface area contributed by atoms with Gasteiger partial charge in [0, 0.05) is 17.3 Å². The Bertz CT molecular complexity index is 1210. The molecular weight excluding hydrogens is 399 g/mol. The van der Waals surface area contributed by atoms with E-state index in [2.05, 4.69) is 10.2 Å². The lowest BCUT2D eigenvalue weighted by Crippen LogP contribution is -2.44. The summed E-state index contributed by atoms with van der Waals surface area (Å²) in [5.74, 6) is -1.60. The second-order valence-electron chi connectivity index (χ2n) is 7.11. The zero-order valence-electron chi connectivity index (χ0n) is 15.0. The molecule has 0 amide bonds. The minimum atomic E-state index is -1.33. The van der Waals surface area contributed by atoms with Crippen LogP contribution in [0.1, 0.15) is 40.4 Å². The second kappa shape index (κ2) is 6.38. The van der Waals surface area contributed by atoms with Gasteiger partial charge in [0.05, 0.1) is 17.8 Å². The molecule has 1 aliphatic carbocycles. The Balaban J connectivity index is 1.69. The Labute approximate surface area is 169 Å². The summed E-state index contributed by atoms with van der Waals surface area (Å²) in [6.45, 7) is 0.188. The van der Waals surface area contributed by atoms with Crippen molar-refractivity contribution in [1.82, 2.24) is 4.57 Å². The number of hydrogen-bond acceptors (Lipinski definition) is 5. The summed E-state index contributed by atoms with van der Waals surface area (Å²) in [6, 6.07) is 7.10. The van der Waals surface area contributed by atoms with Gasteiger partial charge in [0.2, 0.25) is 5.43 Å². The van der Waals surface area contributed by atoms with Crippen LogP contribution in [0.5, 0.6) is 0 Å². The summed E-state index contributed by atoms with van der Waals surface area (Å²) in [4.78, 5) is 25.9. The fourth-order valence-corrected chi connectivity index (χ4v) is 3.72. The first kappa shape index (κ1) is 17.8. The highest BCUT2D eigenvalue weighted by molar-refractivity contribution is 6.30. The molecule has 9 heteroatoms. The number of pyridine rings is 1. The topological polar surface area (TPSA) is 87.3 Å². The van der Waals surface area contributed by atoms with E-state index in [0.717, 1.165) is 24.5 Å². The highest BCUT2D eigenvalue weighted by Crippen LogP contribution is 2.41. The number of halogens is 2. The molecule has 0 radical (unpaired) electrons. The number of carboxylic acid groups (broad SMARTS) is 1. The van der Waals surface area contributed by atoms with Crippen LogP contribution < -0.4 is 10.3 Å². The molecule has 1 saturated carbocycles. The van der Waals surface area contributed by atoms with Crippen LogP contribution in [0.3, 0.4) is 0 Å². The quantitative estimate of drug-likeness (QED) is 0.836. The molecule has 0 saturated heterocycles. The van der Waals surface area contributed by atoms with Gasteiger partial charge in [-0.1, -0.05) is 23.7 Å². The van der Waals surface area contributed by atoms with Gasteiger partial charge in [-0.2, -0.15) is 5.10 Å². The van der Waals surface area contributed by atoms with Crippen LogP contribution in [0.4, 0.5) is 10.2 Å². The molecule has 1 aromatic carbocycles. The molecule has 5 rings (SSSR count). The smallest absolute Gasteiger partial charge is 0.341 e. The number of rotatable bonds is 3. The molecule has 2 aliphatic heterocycles. The van der Waals surface area contributed by atoms with Gasteiger partial charge in [-0.25, -0.2) is 9.18 Å². The molecule has 1 aromatic heterocycles. The van der Waals surface area contributed by atoms with Crippen molar-refractivity contribution in [3.05, 3.63) is 68.2 Å². The maximum atomic E-state index is 14.7. The molecule has 146 valence electrons. The summed E-state index contributed by atoms with van der Waals surface area (Å²) in [5.41, 5.74) is 0.294.